The molecule has 2 aliphatic carbocycles. The Hall–Kier alpha value is -0.610. The molecule has 0 aromatic carbocycles. The molecule has 4 heteroatoms. The Balaban J connectivity index is 1.61. The van der Waals surface area contributed by atoms with Crippen LogP contribution in [-0.2, 0) is 9.63 Å². The number of amides is 1. The predicted octanol–water partition coefficient (Wildman–Crippen LogP) is 1.36. The summed E-state index contributed by atoms with van der Waals surface area (Å²) in [5.74, 6) is 0.302. The van der Waals surface area contributed by atoms with Crippen LogP contribution in [-0.4, -0.2) is 25.1 Å². The smallest absolute Gasteiger partial charge is 0.246 e. The van der Waals surface area contributed by atoms with Crippen LogP contribution >= 0.6 is 0 Å². The molecule has 2 saturated carbocycles. The third kappa shape index (κ3) is 2.95. The summed E-state index contributed by atoms with van der Waals surface area (Å²) in [7, 11) is 2.00. The first-order chi connectivity index (χ1) is 7.79. The SMILES string of the molecule is CNC1CCC(ONC(=O)C2CCC2)CC1. The molecule has 0 aromatic rings. The first kappa shape index (κ1) is 11.9. The fraction of sp³-hybridized carbons (Fsp3) is 0.917. The molecule has 2 N–H and O–H groups in total. The lowest BCUT2D eigenvalue weighted by molar-refractivity contribution is -0.147. The third-order valence-electron chi connectivity index (χ3n) is 3.88. The van der Waals surface area contributed by atoms with Gasteiger partial charge in [0.05, 0.1) is 6.10 Å². The number of rotatable bonds is 4. The summed E-state index contributed by atoms with van der Waals surface area (Å²) in [5, 5.41) is 3.28. The van der Waals surface area contributed by atoms with Crippen LogP contribution in [0.25, 0.3) is 0 Å². The van der Waals surface area contributed by atoms with E-state index < -0.39 is 0 Å². The summed E-state index contributed by atoms with van der Waals surface area (Å²) >= 11 is 0. The number of hydrogen-bond donors (Lipinski definition) is 2. The van der Waals surface area contributed by atoms with E-state index >= 15 is 0 Å². The molecule has 2 rings (SSSR count). The minimum absolute atomic E-state index is 0.0852. The van der Waals surface area contributed by atoms with E-state index in [1.54, 1.807) is 0 Å². The molecule has 0 aromatic heterocycles. The number of hydroxylamine groups is 1. The molecule has 0 bridgehead atoms. The van der Waals surface area contributed by atoms with E-state index in [2.05, 4.69) is 10.8 Å². The molecule has 0 atom stereocenters. The van der Waals surface area contributed by atoms with Crippen LogP contribution < -0.4 is 10.8 Å². The first-order valence-corrected chi connectivity index (χ1v) is 6.42. The van der Waals surface area contributed by atoms with E-state index in [1.807, 2.05) is 7.05 Å². The Morgan fingerprint density at radius 2 is 1.81 bits per heavy atom. The quantitative estimate of drug-likeness (QED) is 0.712. The van der Waals surface area contributed by atoms with Gasteiger partial charge in [0.25, 0.3) is 0 Å². The lowest BCUT2D eigenvalue weighted by Crippen LogP contribution is -2.40. The summed E-state index contributed by atoms with van der Waals surface area (Å²) in [5.41, 5.74) is 2.63. The maximum absolute atomic E-state index is 11.5. The van der Waals surface area contributed by atoms with Crippen LogP contribution in [0.3, 0.4) is 0 Å². The lowest BCUT2D eigenvalue weighted by atomic mass is 9.85. The van der Waals surface area contributed by atoms with Crippen molar-refractivity contribution in [1.82, 2.24) is 10.8 Å². The normalized spacial score (nSPS) is 30.8. The lowest BCUT2D eigenvalue weighted by Gasteiger charge is -2.29. The van der Waals surface area contributed by atoms with E-state index in [0.29, 0.717) is 6.04 Å². The van der Waals surface area contributed by atoms with Gasteiger partial charge < -0.3 is 5.32 Å². The van der Waals surface area contributed by atoms with Crippen molar-refractivity contribution in [1.29, 1.82) is 0 Å². The van der Waals surface area contributed by atoms with Gasteiger partial charge in [0.2, 0.25) is 5.91 Å². The fourth-order valence-corrected chi connectivity index (χ4v) is 2.36. The number of hydrogen-bond acceptors (Lipinski definition) is 3. The van der Waals surface area contributed by atoms with Crippen LogP contribution in [0, 0.1) is 5.92 Å². The minimum Gasteiger partial charge on any atom is -0.317 e. The largest absolute Gasteiger partial charge is 0.317 e. The summed E-state index contributed by atoms with van der Waals surface area (Å²) in [4.78, 5) is 17.0. The van der Waals surface area contributed by atoms with Crippen LogP contribution in [0.1, 0.15) is 44.9 Å². The summed E-state index contributed by atoms with van der Waals surface area (Å²) in [6.45, 7) is 0. The molecule has 0 heterocycles. The second kappa shape index (κ2) is 5.64. The molecule has 1 amide bonds. The van der Waals surface area contributed by atoms with Crippen LogP contribution in [0.2, 0.25) is 0 Å². The van der Waals surface area contributed by atoms with Gasteiger partial charge in [-0.3, -0.25) is 9.63 Å². The molecule has 92 valence electrons. The molecular formula is C12H22N2O2. The highest BCUT2D eigenvalue weighted by Gasteiger charge is 2.27. The maximum atomic E-state index is 11.5. The molecule has 0 radical (unpaired) electrons. The van der Waals surface area contributed by atoms with Crippen LogP contribution in [0.4, 0.5) is 0 Å². The Bertz CT molecular complexity index is 233. The second-order valence-corrected chi connectivity index (χ2v) is 4.97. The molecule has 0 unspecified atom stereocenters. The molecular weight excluding hydrogens is 204 g/mol. The van der Waals surface area contributed by atoms with Crippen LogP contribution in [0.15, 0.2) is 0 Å². The average Bonchev–Trinajstić information content (AvgIpc) is 2.25. The van der Waals surface area contributed by atoms with Crippen molar-refractivity contribution in [3.05, 3.63) is 0 Å². The van der Waals surface area contributed by atoms with Gasteiger partial charge in [-0.05, 0) is 45.6 Å². The van der Waals surface area contributed by atoms with E-state index in [0.717, 1.165) is 38.5 Å². The van der Waals surface area contributed by atoms with Crippen molar-refractivity contribution in [2.24, 2.45) is 5.92 Å². The molecule has 0 aliphatic heterocycles. The number of carbonyl (C=O) groups is 1. The number of nitrogens with one attached hydrogen (secondary N) is 2. The highest BCUT2D eigenvalue weighted by atomic mass is 16.7. The van der Waals surface area contributed by atoms with Gasteiger partial charge in [0.15, 0.2) is 0 Å². The van der Waals surface area contributed by atoms with Gasteiger partial charge in [0, 0.05) is 12.0 Å². The Labute approximate surface area is 97.1 Å². The van der Waals surface area contributed by atoms with Crippen molar-refractivity contribution in [2.45, 2.75) is 57.1 Å². The van der Waals surface area contributed by atoms with Gasteiger partial charge in [-0.1, -0.05) is 6.42 Å². The summed E-state index contributed by atoms with van der Waals surface area (Å²) in [6.07, 6.45) is 7.82. The molecule has 0 saturated heterocycles. The summed E-state index contributed by atoms with van der Waals surface area (Å²) in [6, 6.07) is 0.627. The zero-order chi connectivity index (χ0) is 11.4. The predicted molar refractivity (Wildman–Crippen MR) is 61.7 cm³/mol. The Morgan fingerprint density at radius 1 is 1.12 bits per heavy atom. The first-order valence-electron chi connectivity index (χ1n) is 6.42. The van der Waals surface area contributed by atoms with E-state index in [-0.39, 0.29) is 17.9 Å². The van der Waals surface area contributed by atoms with Gasteiger partial charge in [-0.2, -0.15) is 0 Å². The van der Waals surface area contributed by atoms with Crippen molar-refractivity contribution in [3.63, 3.8) is 0 Å². The third-order valence-corrected chi connectivity index (χ3v) is 3.88. The van der Waals surface area contributed by atoms with Crippen molar-refractivity contribution in [2.75, 3.05) is 7.05 Å². The van der Waals surface area contributed by atoms with Crippen LogP contribution in [0.5, 0.6) is 0 Å². The molecule has 2 aliphatic rings. The van der Waals surface area contributed by atoms with E-state index in [1.165, 1.54) is 6.42 Å². The monoisotopic (exact) mass is 226 g/mol. The highest BCUT2D eigenvalue weighted by Crippen LogP contribution is 2.26. The zero-order valence-electron chi connectivity index (χ0n) is 10.00. The average molecular weight is 226 g/mol. The van der Waals surface area contributed by atoms with E-state index in [9.17, 15) is 4.79 Å². The standard InChI is InChI=1S/C12H22N2O2/c1-13-10-5-7-11(8-6-10)16-14-12(15)9-3-2-4-9/h9-11,13H,2-8H2,1H3,(H,14,15). The molecule has 4 nitrogen and oxygen atoms in total. The van der Waals surface area contributed by atoms with Gasteiger partial charge in [0.1, 0.15) is 0 Å². The minimum atomic E-state index is 0.0852. The topological polar surface area (TPSA) is 50.4 Å². The fourth-order valence-electron chi connectivity index (χ4n) is 2.36. The Morgan fingerprint density at radius 3 is 2.31 bits per heavy atom. The highest BCUT2D eigenvalue weighted by molar-refractivity contribution is 5.78. The van der Waals surface area contributed by atoms with Gasteiger partial charge in [-0.15, -0.1) is 0 Å². The van der Waals surface area contributed by atoms with Gasteiger partial charge >= 0.3 is 0 Å². The second-order valence-electron chi connectivity index (χ2n) is 4.97. The molecule has 16 heavy (non-hydrogen) atoms. The van der Waals surface area contributed by atoms with Crippen molar-refractivity contribution in [3.8, 4) is 0 Å². The van der Waals surface area contributed by atoms with E-state index in [4.69, 9.17) is 4.84 Å². The summed E-state index contributed by atoms with van der Waals surface area (Å²) < 4.78 is 0. The maximum Gasteiger partial charge on any atom is 0.246 e. The number of carbonyl (C=O) groups excluding carboxylic acids is 1. The zero-order valence-corrected chi connectivity index (χ0v) is 10.00. The van der Waals surface area contributed by atoms with Gasteiger partial charge in [-0.25, -0.2) is 5.48 Å². The Kier molecular flexibility index (Phi) is 4.18. The molecule has 0 spiro atoms. The van der Waals surface area contributed by atoms with Crippen molar-refractivity contribution < 1.29 is 9.63 Å². The van der Waals surface area contributed by atoms with Crippen molar-refractivity contribution >= 4 is 5.91 Å². The molecule has 2 fully saturated rings.